The van der Waals surface area contributed by atoms with Gasteiger partial charge in [0.05, 0.1) is 18.8 Å². The van der Waals surface area contributed by atoms with Crippen LogP contribution in [-0.2, 0) is 16.1 Å². The molecule has 2 aromatic rings. The van der Waals surface area contributed by atoms with Crippen molar-refractivity contribution in [3.63, 3.8) is 0 Å². The molecule has 1 saturated heterocycles. The van der Waals surface area contributed by atoms with Crippen LogP contribution in [0.2, 0.25) is 0 Å². The molecule has 9 nitrogen and oxygen atoms in total. The summed E-state index contributed by atoms with van der Waals surface area (Å²) in [7, 11) is 1.31. The predicted octanol–water partition coefficient (Wildman–Crippen LogP) is 2.82. The van der Waals surface area contributed by atoms with E-state index in [4.69, 9.17) is 14.0 Å². The molecule has 1 atom stereocenters. The standard InChI is InChI=1S/C16H20N4O5S/c1-3-24-9-12-18-14(19-25-12)11-5-4-7-20(11)16(22)17-10-6-8-26-13(10)15(21)23-2/h6,8,11H,3-5,7,9H2,1-2H3,(H,17,22). The van der Waals surface area contributed by atoms with Gasteiger partial charge < -0.3 is 24.2 Å². The van der Waals surface area contributed by atoms with Crippen LogP contribution >= 0.6 is 11.3 Å². The maximum Gasteiger partial charge on any atom is 0.350 e. The van der Waals surface area contributed by atoms with Crippen molar-refractivity contribution in [1.82, 2.24) is 15.0 Å². The number of thiophene rings is 1. The van der Waals surface area contributed by atoms with Crippen LogP contribution < -0.4 is 5.32 Å². The van der Waals surface area contributed by atoms with Gasteiger partial charge in [0.15, 0.2) is 5.82 Å². The number of anilines is 1. The Kier molecular flexibility index (Phi) is 5.84. The van der Waals surface area contributed by atoms with E-state index in [9.17, 15) is 9.59 Å². The highest BCUT2D eigenvalue weighted by atomic mass is 32.1. The minimum absolute atomic E-state index is 0.250. The molecule has 10 heteroatoms. The average molecular weight is 380 g/mol. The molecule has 26 heavy (non-hydrogen) atoms. The Morgan fingerprint density at radius 1 is 1.50 bits per heavy atom. The van der Waals surface area contributed by atoms with Crippen LogP contribution in [-0.4, -0.2) is 47.3 Å². The van der Waals surface area contributed by atoms with E-state index in [2.05, 4.69) is 15.5 Å². The van der Waals surface area contributed by atoms with E-state index in [1.54, 1.807) is 16.3 Å². The third kappa shape index (κ3) is 3.86. The normalized spacial score (nSPS) is 16.7. The van der Waals surface area contributed by atoms with E-state index in [0.29, 0.717) is 35.4 Å². The fraction of sp³-hybridized carbons (Fsp3) is 0.500. The second-order valence-electron chi connectivity index (χ2n) is 5.62. The molecule has 0 radical (unpaired) electrons. The average Bonchev–Trinajstić information content (AvgIpc) is 3.38. The summed E-state index contributed by atoms with van der Waals surface area (Å²) >= 11 is 1.21. The Morgan fingerprint density at radius 3 is 3.12 bits per heavy atom. The number of carbonyl (C=O) groups excluding carboxylic acids is 2. The van der Waals surface area contributed by atoms with Crippen molar-refractivity contribution in [2.24, 2.45) is 0 Å². The van der Waals surface area contributed by atoms with Crippen molar-refractivity contribution in [1.29, 1.82) is 0 Å². The van der Waals surface area contributed by atoms with Gasteiger partial charge in [-0.1, -0.05) is 5.16 Å². The lowest BCUT2D eigenvalue weighted by molar-refractivity contribution is 0.0607. The molecule has 2 amide bonds. The molecule has 2 aromatic heterocycles. The summed E-state index contributed by atoms with van der Waals surface area (Å²) in [4.78, 5) is 30.8. The first-order valence-corrected chi connectivity index (χ1v) is 9.15. The lowest BCUT2D eigenvalue weighted by atomic mass is 10.2. The van der Waals surface area contributed by atoms with Crippen molar-refractivity contribution >= 4 is 29.0 Å². The van der Waals surface area contributed by atoms with Gasteiger partial charge in [0, 0.05) is 13.2 Å². The number of rotatable bonds is 6. The number of methoxy groups -OCH3 is 1. The van der Waals surface area contributed by atoms with Crippen LogP contribution in [0.5, 0.6) is 0 Å². The van der Waals surface area contributed by atoms with E-state index >= 15 is 0 Å². The van der Waals surface area contributed by atoms with Crippen LogP contribution in [0.3, 0.4) is 0 Å². The number of nitrogens with one attached hydrogen (secondary N) is 1. The second-order valence-corrected chi connectivity index (χ2v) is 6.54. The first-order valence-electron chi connectivity index (χ1n) is 8.27. The summed E-state index contributed by atoms with van der Waals surface area (Å²) in [5, 5.41) is 8.48. The van der Waals surface area contributed by atoms with Crippen molar-refractivity contribution in [3.8, 4) is 0 Å². The van der Waals surface area contributed by atoms with Crippen molar-refractivity contribution in [3.05, 3.63) is 28.0 Å². The first-order chi connectivity index (χ1) is 12.6. The quantitative estimate of drug-likeness (QED) is 0.768. The number of amides is 2. The third-order valence-corrected chi connectivity index (χ3v) is 4.90. The molecule has 1 unspecified atom stereocenters. The summed E-state index contributed by atoms with van der Waals surface area (Å²) in [6, 6.07) is 1.09. The minimum Gasteiger partial charge on any atom is -0.465 e. The van der Waals surface area contributed by atoms with Gasteiger partial charge in [-0.3, -0.25) is 0 Å². The number of likely N-dealkylation sites (tertiary alicyclic amines) is 1. The van der Waals surface area contributed by atoms with Gasteiger partial charge >= 0.3 is 12.0 Å². The summed E-state index contributed by atoms with van der Waals surface area (Å²) in [5.41, 5.74) is 0.433. The number of hydrogen-bond acceptors (Lipinski definition) is 8. The smallest absolute Gasteiger partial charge is 0.350 e. The Bertz CT molecular complexity index is 774. The van der Waals surface area contributed by atoms with Gasteiger partial charge in [-0.15, -0.1) is 11.3 Å². The number of esters is 1. The monoisotopic (exact) mass is 380 g/mol. The minimum atomic E-state index is -0.480. The highest BCUT2D eigenvalue weighted by Gasteiger charge is 2.34. The molecule has 0 spiro atoms. The molecular formula is C16H20N4O5S. The van der Waals surface area contributed by atoms with E-state index in [1.165, 1.54) is 18.4 Å². The molecule has 140 valence electrons. The summed E-state index contributed by atoms with van der Waals surface area (Å²) in [5.74, 6) is 0.373. The Labute approximate surface area is 154 Å². The van der Waals surface area contributed by atoms with Crippen LogP contribution in [0.1, 0.15) is 47.2 Å². The molecular weight excluding hydrogens is 360 g/mol. The lowest BCUT2D eigenvalue weighted by Gasteiger charge is -2.22. The van der Waals surface area contributed by atoms with E-state index in [0.717, 1.165) is 12.8 Å². The number of nitrogens with zero attached hydrogens (tertiary/aromatic N) is 3. The number of urea groups is 1. The van der Waals surface area contributed by atoms with Crippen molar-refractivity contribution in [2.45, 2.75) is 32.4 Å². The molecule has 0 saturated carbocycles. The molecule has 3 rings (SSSR count). The highest BCUT2D eigenvalue weighted by molar-refractivity contribution is 7.12. The highest BCUT2D eigenvalue weighted by Crippen LogP contribution is 2.31. The van der Waals surface area contributed by atoms with Gasteiger partial charge in [-0.2, -0.15) is 4.98 Å². The van der Waals surface area contributed by atoms with Crippen molar-refractivity contribution in [2.75, 3.05) is 25.6 Å². The second kappa shape index (κ2) is 8.28. The van der Waals surface area contributed by atoms with Gasteiger partial charge in [-0.05, 0) is 31.2 Å². The lowest BCUT2D eigenvalue weighted by Crippen LogP contribution is -2.35. The molecule has 0 bridgehead atoms. The zero-order chi connectivity index (χ0) is 18.5. The zero-order valence-corrected chi connectivity index (χ0v) is 15.4. The number of aromatic nitrogens is 2. The molecule has 3 heterocycles. The maximum atomic E-state index is 12.7. The third-order valence-electron chi connectivity index (χ3n) is 4.00. The van der Waals surface area contributed by atoms with Crippen LogP contribution in [0, 0.1) is 0 Å². The van der Waals surface area contributed by atoms with Crippen molar-refractivity contribution < 1.29 is 23.6 Å². The topological polar surface area (TPSA) is 107 Å². The molecule has 1 aliphatic heterocycles. The molecule has 0 aliphatic carbocycles. The molecule has 1 fully saturated rings. The van der Waals surface area contributed by atoms with E-state index in [-0.39, 0.29) is 18.7 Å². The van der Waals surface area contributed by atoms with Crippen LogP contribution in [0.25, 0.3) is 0 Å². The number of hydrogen-bond donors (Lipinski definition) is 1. The Morgan fingerprint density at radius 2 is 2.35 bits per heavy atom. The van der Waals surface area contributed by atoms with Gasteiger partial charge in [0.1, 0.15) is 11.5 Å². The predicted molar refractivity (Wildman–Crippen MR) is 93.0 cm³/mol. The molecule has 0 aromatic carbocycles. The first kappa shape index (κ1) is 18.3. The molecule has 1 N–H and O–H groups in total. The number of carbonyl (C=O) groups is 2. The number of ether oxygens (including phenoxy) is 2. The Hall–Kier alpha value is -2.46. The maximum absolute atomic E-state index is 12.7. The van der Waals surface area contributed by atoms with Crippen LogP contribution in [0.15, 0.2) is 16.0 Å². The summed E-state index contributed by atoms with van der Waals surface area (Å²) in [6.07, 6.45) is 1.58. The van der Waals surface area contributed by atoms with Crippen LogP contribution in [0.4, 0.5) is 10.5 Å². The fourth-order valence-corrected chi connectivity index (χ4v) is 3.54. The van der Waals surface area contributed by atoms with Gasteiger partial charge in [-0.25, -0.2) is 9.59 Å². The largest absolute Gasteiger partial charge is 0.465 e. The van der Waals surface area contributed by atoms with E-state index < -0.39 is 5.97 Å². The summed E-state index contributed by atoms with van der Waals surface area (Å²) in [6.45, 7) is 3.26. The fourth-order valence-electron chi connectivity index (χ4n) is 2.78. The Balaban J connectivity index is 1.70. The van der Waals surface area contributed by atoms with Gasteiger partial charge in [0.2, 0.25) is 0 Å². The summed E-state index contributed by atoms with van der Waals surface area (Å²) < 4.78 is 15.2. The molecule has 1 aliphatic rings. The van der Waals surface area contributed by atoms with Gasteiger partial charge in [0.25, 0.3) is 5.89 Å². The zero-order valence-electron chi connectivity index (χ0n) is 14.6. The van der Waals surface area contributed by atoms with E-state index in [1.807, 2.05) is 6.92 Å². The SMILES string of the molecule is CCOCc1nc(C2CCCN2C(=O)Nc2ccsc2C(=O)OC)no1.